The van der Waals surface area contributed by atoms with E-state index < -0.39 is 0 Å². The van der Waals surface area contributed by atoms with Crippen molar-refractivity contribution in [3.05, 3.63) is 59.2 Å². The summed E-state index contributed by atoms with van der Waals surface area (Å²) in [6, 6.07) is 16.4. The van der Waals surface area contributed by atoms with Gasteiger partial charge < -0.3 is 24.8 Å². The van der Waals surface area contributed by atoms with E-state index in [4.69, 9.17) is 0 Å². The molecule has 0 spiro atoms. The van der Waals surface area contributed by atoms with Crippen LogP contribution >= 0.6 is 0 Å². The molecule has 1 radical (unpaired) electrons. The second-order valence-corrected chi connectivity index (χ2v) is 3.87. The molecule has 1 aliphatic rings. The van der Waals surface area contributed by atoms with Crippen molar-refractivity contribution < 1.29 is 46.5 Å². The van der Waals surface area contributed by atoms with Crippen molar-refractivity contribution in [1.29, 1.82) is 0 Å². The van der Waals surface area contributed by atoms with Crippen LogP contribution in [0.4, 0.5) is 0 Å². The maximum absolute atomic E-state index is 3.43. The topological polar surface area (TPSA) is 0 Å². The van der Waals surface area contributed by atoms with Crippen molar-refractivity contribution in [2.24, 2.45) is 0 Å². The zero-order chi connectivity index (χ0) is 9.54. The molecule has 3 rings (SSSR count). The number of rotatable bonds is 0. The summed E-state index contributed by atoms with van der Waals surface area (Å²) in [6.07, 6.45) is 1.05. The average Bonchev–Trinajstić information content (AvgIpc) is 2.54. The zero-order valence-electron chi connectivity index (χ0n) is 9.43. The molecule has 3 heteroatoms. The quantitative estimate of drug-likeness (QED) is 0.315. The molecule has 0 saturated carbocycles. The molecular weight excluding hydrogens is 287 g/mol. The number of hydrogen-bond acceptors (Lipinski definition) is 0. The summed E-state index contributed by atoms with van der Waals surface area (Å²) in [5.74, 6) is 0. The maximum Gasteiger partial charge on any atom is 3.00 e. The van der Waals surface area contributed by atoms with Crippen LogP contribution in [0.15, 0.2) is 36.4 Å². The zero-order valence-corrected chi connectivity index (χ0v) is 12.5. The summed E-state index contributed by atoms with van der Waals surface area (Å²) in [6.45, 7) is 2.10. The smallest absolute Gasteiger partial charge is 1.00 e. The van der Waals surface area contributed by atoms with Crippen LogP contribution in [0.1, 0.15) is 16.7 Å². The SMILES string of the molecule is Cc1[c-]c2c(cc1)-c1ccccc1C2.[Cl-].[Cl-].[Ti+3]. The maximum atomic E-state index is 3.43. The van der Waals surface area contributed by atoms with Gasteiger partial charge in [-0.2, -0.15) is 23.8 Å². The Morgan fingerprint density at radius 1 is 0.941 bits per heavy atom. The molecule has 0 N–H and O–H groups in total. The fraction of sp³-hybridized carbons (Fsp3) is 0.143. The van der Waals surface area contributed by atoms with Crippen molar-refractivity contribution >= 4 is 0 Å². The Labute approximate surface area is 130 Å². The van der Waals surface area contributed by atoms with Gasteiger partial charge in [0, 0.05) is 0 Å². The molecule has 0 saturated heterocycles. The molecule has 0 unspecified atom stereocenters. The molecule has 2 aromatic carbocycles. The number of halogens is 2. The van der Waals surface area contributed by atoms with Gasteiger partial charge in [0.15, 0.2) is 0 Å². The van der Waals surface area contributed by atoms with E-state index in [2.05, 4.69) is 49.4 Å². The van der Waals surface area contributed by atoms with Crippen molar-refractivity contribution in [1.82, 2.24) is 0 Å². The molecule has 17 heavy (non-hydrogen) atoms. The van der Waals surface area contributed by atoms with Crippen molar-refractivity contribution in [2.45, 2.75) is 13.3 Å². The third-order valence-electron chi connectivity index (χ3n) is 2.85. The predicted octanol–water partition coefficient (Wildman–Crippen LogP) is -2.63. The largest absolute Gasteiger partial charge is 3.00 e. The Morgan fingerprint density at radius 2 is 1.65 bits per heavy atom. The summed E-state index contributed by atoms with van der Waals surface area (Å²) >= 11 is 0. The van der Waals surface area contributed by atoms with Crippen LogP contribution in [0.3, 0.4) is 0 Å². The predicted molar refractivity (Wildman–Crippen MR) is 58.3 cm³/mol. The first kappa shape index (κ1) is 16.7. The van der Waals surface area contributed by atoms with Gasteiger partial charge >= 0.3 is 21.7 Å². The standard InChI is InChI=1S/C14H11.2ClH.Ti/c1-10-6-7-14-12(8-10)9-11-4-2-3-5-13(11)14;;;/h2-7H,9H2,1H3;2*1H;/q-1;;;+3/p-2. The third kappa shape index (κ3) is 2.95. The summed E-state index contributed by atoms with van der Waals surface area (Å²) in [5.41, 5.74) is 6.78. The second kappa shape index (κ2) is 6.61. The first-order valence-corrected chi connectivity index (χ1v) is 4.95. The van der Waals surface area contributed by atoms with Crippen molar-refractivity contribution in [2.75, 3.05) is 0 Å². The first-order chi connectivity index (χ1) is 6.84. The van der Waals surface area contributed by atoms with Gasteiger partial charge in [-0.15, -0.1) is 11.1 Å². The molecule has 0 aromatic heterocycles. The molecule has 0 nitrogen and oxygen atoms in total. The average molecular weight is 298 g/mol. The van der Waals surface area contributed by atoms with Crippen LogP contribution < -0.4 is 24.8 Å². The number of fused-ring (bicyclic) bond motifs is 3. The third-order valence-corrected chi connectivity index (χ3v) is 2.85. The van der Waals surface area contributed by atoms with Crippen LogP contribution in [-0.2, 0) is 28.1 Å². The monoisotopic (exact) mass is 297 g/mol. The van der Waals surface area contributed by atoms with E-state index in [1.165, 1.54) is 27.8 Å². The van der Waals surface area contributed by atoms with Crippen LogP contribution in [0.5, 0.6) is 0 Å². The van der Waals surface area contributed by atoms with E-state index >= 15 is 0 Å². The van der Waals surface area contributed by atoms with Gasteiger partial charge in [-0.3, -0.25) is 0 Å². The summed E-state index contributed by atoms with van der Waals surface area (Å²) in [4.78, 5) is 0. The molecule has 0 bridgehead atoms. The molecule has 2 aromatic rings. The molecule has 85 valence electrons. The summed E-state index contributed by atoms with van der Waals surface area (Å²) in [7, 11) is 0. The van der Waals surface area contributed by atoms with E-state index in [9.17, 15) is 0 Å². The minimum atomic E-state index is 0. The van der Waals surface area contributed by atoms with Gasteiger partial charge in [0.1, 0.15) is 0 Å². The molecule has 0 atom stereocenters. The Morgan fingerprint density at radius 3 is 2.41 bits per heavy atom. The van der Waals surface area contributed by atoms with Crippen LogP contribution in [0.25, 0.3) is 11.1 Å². The van der Waals surface area contributed by atoms with Gasteiger partial charge in [0.25, 0.3) is 0 Å². The molecule has 1 aliphatic carbocycles. The van der Waals surface area contributed by atoms with Gasteiger partial charge in [0.05, 0.1) is 0 Å². The van der Waals surface area contributed by atoms with E-state index in [0.717, 1.165) is 6.42 Å². The fourth-order valence-corrected chi connectivity index (χ4v) is 2.18. The van der Waals surface area contributed by atoms with Crippen molar-refractivity contribution in [3.8, 4) is 11.1 Å². The minimum Gasteiger partial charge on any atom is -1.00 e. The fourth-order valence-electron chi connectivity index (χ4n) is 2.18. The van der Waals surface area contributed by atoms with E-state index in [-0.39, 0.29) is 46.5 Å². The molecule has 0 fully saturated rings. The Balaban J connectivity index is 0.000000853. The summed E-state index contributed by atoms with van der Waals surface area (Å²) < 4.78 is 0. The van der Waals surface area contributed by atoms with E-state index in [0.29, 0.717) is 0 Å². The first-order valence-electron chi connectivity index (χ1n) is 4.95. The molecular formula is C14H11Cl2Ti. The number of benzene rings is 2. The van der Waals surface area contributed by atoms with Crippen molar-refractivity contribution in [3.63, 3.8) is 0 Å². The van der Waals surface area contributed by atoms with Crippen LogP contribution in [0.2, 0.25) is 0 Å². The molecule has 0 heterocycles. The molecule has 0 aliphatic heterocycles. The van der Waals surface area contributed by atoms with E-state index in [1.54, 1.807) is 0 Å². The van der Waals surface area contributed by atoms with E-state index in [1.807, 2.05) is 0 Å². The minimum absolute atomic E-state index is 0. The number of aryl methyl sites for hydroxylation is 1. The summed E-state index contributed by atoms with van der Waals surface area (Å²) in [5, 5.41) is 0. The number of hydrogen-bond donors (Lipinski definition) is 0. The van der Waals surface area contributed by atoms with Gasteiger partial charge in [-0.25, -0.2) is 0 Å². The Kier molecular flexibility index (Phi) is 6.51. The van der Waals surface area contributed by atoms with Crippen LogP contribution in [-0.4, -0.2) is 0 Å². The second-order valence-electron chi connectivity index (χ2n) is 3.87. The normalized spacial score (nSPS) is 10.2. The van der Waals surface area contributed by atoms with Gasteiger partial charge in [0.2, 0.25) is 0 Å². The van der Waals surface area contributed by atoms with Crippen LogP contribution in [0, 0.1) is 13.0 Å². The Bertz CT molecular complexity index is 509. The molecule has 0 amide bonds. The van der Waals surface area contributed by atoms with Gasteiger partial charge in [-0.05, 0) is 6.42 Å². The Hall–Kier alpha value is -0.266. The van der Waals surface area contributed by atoms with Gasteiger partial charge in [-0.1, -0.05) is 42.3 Å².